The van der Waals surface area contributed by atoms with E-state index in [1.807, 2.05) is 0 Å². The van der Waals surface area contributed by atoms with Crippen LogP contribution in [0.2, 0.25) is 0 Å². The summed E-state index contributed by atoms with van der Waals surface area (Å²) in [4.78, 5) is 28.8. The SMILES string of the molecule is N#Cc1ccccc1Oc1ccc2ncn(C3CC4(CC(=O)C4)C3)c(=O)c2c1. The van der Waals surface area contributed by atoms with Crippen LogP contribution in [-0.2, 0) is 4.79 Å². The number of rotatable bonds is 3. The van der Waals surface area contributed by atoms with Gasteiger partial charge < -0.3 is 4.74 Å². The Balaban J connectivity index is 1.46. The number of carbonyl (C=O) groups is 1. The first kappa shape index (κ1) is 16.7. The number of ether oxygens (including phenoxy) is 1. The van der Waals surface area contributed by atoms with Crippen LogP contribution in [0.5, 0.6) is 11.5 Å². The second-order valence-corrected chi connectivity index (χ2v) is 7.80. The highest BCUT2D eigenvalue weighted by atomic mass is 16.5. The minimum absolute atomic E-state index is 0.0985. The predicted octanol–water partition coefficient (Wildman–Crippen LogP) is 3.74. The van der Waals surface area contributed by atoms with Gasteiger partial charge >= 0.3 is 0 Å². The summed E-state index contributed by atoms with van der Waals surface area (Å²) in [5.41, 5.74) is 1.06. The summed E-state index contributed by atoms with van der Waals surface area (Å²) in [5.74, 6) is 1.26. The number of aromatic nitrogens is 2. The Morgan fingerprint density at radius 1 is 1.14 bits per heavy atom. The normalized spacial score (nSPS) is 17.8. The van der Waals surface area contributed by atoms with E-state index < -0.39 is 0 Å². The molecule has 0 N–H and O–H groups in total. The Bertz CT molecular complexity index is 1210. The van der Waals surface area contributed by atoms with Gasteiger partial charge in [0.05, 0.1) is 22.8 Å². The van der Waals surface area contributed by atoms with E-state index in [1.165, 1.54) is 0 Å². The minimum Gasteiger partial charge on any atom is -0.456 e. The Morgan fingerprint density at radius 2 is 1.93 bits per heavy atom. The van der Waals surface area contributed by atoms with Crippen molar-refractivity contribution in [3.05, 3.63) is 64.7 Å². The lowest BCUT2D eigenvalue weighted by atomic mass is 9.53. The maximum Gasteiger partial charge on any atom is 0.261 e. The Kier molecular flexibility index (Phi) is 3.59. The zero-order valence-corrected chi connectivity index (χ0v) is 15.1. The topological polar surface area (TPSA) is 85.0 Å². The summed E-state index contributed by atoms with van der Waals surface area (Å²) in [6.07, 6.45) is 4.62. The molecule has 0 bridgehead atoms. The highest BCUT2D eigenvalue weighted by molar-refractivity contribution is 5.86. The molecule has 2 aliphatic rings. The fourth-order valence-corrected chi connectivity index (χ4v) is 4.42. The summed E-state index contributed by atoms with van der Waals surface area (Å²) in [6.45, 7) is 0. The van der Waals surface area contributed by atoms with E-state index in [2.05, 4.69) is 11.1 Å². The zero-order chi connectivity index (χ0) is 19.3. The smallest absolute Gasteiger partial charge is 0.261 e. The molecule has 138 valence electrons. The van der Waals surface area contributed by atoms with Gasteiger partial charge in [-0.15, -0.1) is 0 Å². The average Bonchev–Trinajstić information content (AvgIpc) is 2.65. The largest absolute Gasteiger partial charge is 0.456 e. The van der Waals surface area contributed by atoms with Gasteiger partial charge in [-0.05, 0) is 48.6 Å². The summed E-state index contributed by atoms with van der Waals surface area (Å²) < 4.78 is 7.52. The molecular weight excluding hydrogens is 354 g/mol. The molecule has 0 saturated heterocycles. The third-order valence-electron chi connectivity index (χ3n) is 5.86. The van der Waals surface area contributed by atoms with Gasteiger partial charge in [0.2, 0.25) is 0 Å². The molecule has 5 rings (SSSR count). The highest BCUT2D eigenvalue weighted by Crippen LogP contribution is 2.58. The zero-order valence-electron chi connectivity index (χ0n) is 15.1. The molecular formula is C22H17N3O3. The number of ketones is 1. The molecule has 28 heavy (non-hydrogen) atoms. The maximum atomic E-state index is 13.0. The van der Waals surface area contributed by atoms with Crippen molar-refractivity contribution in [2.75, 3.05) is 0 Å². The number of hydrogen-bond donors (Lipinski definition) is 0. The quantitative estimate of drug-likeness (QED) is 0.700. The van der Waals surface area contributed by atoms with Gasteiger partial charge in [0.1, 0.15) is 23.4 Å². The van der Waals surface area contributed by atoms with Crippen LogP contribution in [0.4, 0.5) is 0 Å². The first-order valence-corrected chi connectivity index (χ1v) is 9.27. The number of carbonyl (C=O) groups excluding carboxylic acids is 1. The van der Waals surface area contributed by atoms with Crippen LogP contribution in [0.1, 0.15) is 37.3 Å². The van der Waals surface area contributed by atoms with E-state index in [9.17, 15) is 14.9 Å². The van der Waals surface area contributed by atoms with E-state index in [-0.39, 0.29) is 17.0 Å². The molecule has 0 aliphatic heterocycles. The summed E-state index contributed by atoms with van der Waals surface area (Å²) >= 11 is 0. The van der Waals surface area contributed by atoms with Crippen LogP contribution >= 0.6 is 0 Å². The molecule has 0 amide bonds. The van der Waals surface area contributed by atoms with Gasteiger partial charge in [0.15, 0.2) is 0 Å². The van der Waals surface area contributed by atoms with E-state index >= 15 is 0 Å². The van der Waals surface area contributed by atoms with Crippen molar-refractivity contribution in [1.82, 2.24) is 9.55 Å². The first-order chi connectivity index (χ1) is 13.6. The molecule has 0 atom stereocenters. The summed E-state index contributed by atoms with van der Waals surface area (Å²) in [6, 6.07) is 14.3. The van der Waals surface area contributed by atoms with Gasteiger partial charge in [-0.2, -0.15) is 5.26 Å². The highest BCUT2D eigenvalue weighted by Gasteiger charge is 2.53. The third-order valence-corrected chi connectivity index (χ3v) is 5.86. The van der Waals surface area contributed by atoms with Crippen molar-refractivity contribution in [3.8, 4) is 17.6 Å². The number of nitriles is 1. The van der Waals surface area contributed by atoms with Crippen LogP contribution < -0.4 is 10.3 Å². The summed E-state index contributed by atoms with van der Waals surface area (Å²) in [7, 11) is 0. The molecule has 6 nitrogen and oxygen atoms in total. The molecule has 3 aromatic rings. The van der Waals surface area contributed by atoms with Crippen LogP contribution in [0.3, 0.4) is 0 Å². The first-order valence-electron chi connectivity index (χ1n) is 9.27. The van der Waals surface area contributed by atoms with Crippen molar-refractivity contribution < 1.29 is 9.53 Å². The second kappa shape index (κ2) is 6.03. The Morgan fingerprint density at radius 3 is 2.68 bits per heavy atom. The predicted molar refractivity (Wildman–Crippen MR) is 102 cm³/mol. The van der Waals surface area contributed by atoms with Gasteiger partial charge in [0.25, 0.3) is 5.56 Å². The molecule has 2 aliphatic carbocycles. The number of hydrogen-bond acceptors (Lipinski definition) is 5. The average molecular weight is 371 g/mol. The monoisotopic (exact) mass is 371 g/mol. The van der Waals surface area contributed by atoms with Crippen LogP contribution in [0, 0.1) is 16.7 Å². The van der Waals surface area contributed by atoms with Crippen molar-refractivity contribution in [2.45, 2.75) is 31.7 Å². The van der Waals surface area contributed by atoms with Crippen molar-refractivity contribution in [3.63, 3.8) is 0 Å². The molecule has 0 radical (unpaired) electrons. The number of Topliss-reactive ketones (excluding diaryl/α,β-unsaturated/α-hetero) is 1. The molecule has 2 saturated carbocycles. The molecule has 1 aromatic heterocycles. The van der Waals surface area contributed by atoms with Crippen LogP contribution in [0.15, 0.2) is 53.6 Å². The molecule has 2 aromatic carbocycles. The number of benzene rings is 2. The number of nitrogens with zero attached hydrogens (tertiary/aromatic N) is 3. The van der Waals surface area contributed by atoms with Crippen molar-refractivity contribution in [1.29, 1.82) is 5.26 Å². The third kappa shape index (κ3) is 2.59. The molecule has 0 unspecified atom stereocenters. The number of fused-ring (bicyclic) bond motifs is 1. The van der Waals surface area contributed by atoms with Crippen molar-refractivity contribution >= 4 is 16.7 Å². The standard InChI is InChI=1S/C22H17N3O3/c23-12-14-3-1-2-4-20(14)28-17-5-6-19-18(7-17)21(27)25(13-24-19)15-8-22(9-15)10-16(26)11-22/h1-7,13,15H,8-11H2. The lowest BCUT2D eigenvalue weighted by Gasteiger charge is -2.53. The fraction of sp³-hybridized carbons (Fsp3) is 0.273. The van der Waals surface area contributed by atoms with Crippen molar-refractivity contribution in [2.24, 2.45) is 5.41 Å². The van der Waals surface area contributed by atoms with E-state index in [0.717, 1.165) is 12.8 Å². The van der Waals surface area contributed by atoms with Gasteiger partial charge in [0, 0.05) is 18.9 Å². The number of para-hydroxylation sites is 1. The minimum atomic E-state index is -0.102. The van der Waals surface area contributed by atoms with Crippen LogP contribution in [-0.4, -0.2) is 15.3 Å². The lowest BCUT2D eigenvalue weighted by molar-refractivity contribution is -0.141. The van der Waals surface area contributed by atoms with E-state index in [4.69, 9.17) is 4.74 Å². The Hall–Kier alpha value is -3.46. The van der Waals surface area contributed by atoms with Gasteiger partial charge in [-0.3, -0.25) is 14.2 Å². The lowest BCUT2D eigenvalue weighted by Crippen LogP contribution is -2.50. The fourth-order valence-electron chi connectivity index (χ4n) is 4.42. The van der Waals surface area contributed by atoms with Crippen LogP contribution in [0.25, 0.3) is 10.9 Å². The molecule has 1 spiro atoms. The second-order valence-electron chi connectivity index (χ2n) is 7.80. The summed E-state index contributed by atoms with van der Waals surface area (Å²) in [5, 5.41) is 9.70. The van der Waals surface area contributed by atoms with Gasteiger partial charge in [-0.1, -0.05) is 12.1 Å². The van der Waals surface area contributed by atoms with E-state index in [0.29, 0.717) is 46.6 Å². The molecule has 2 fully saturated rings. The molecule has 6 heteroatoms. The maximum absolute atomic E-state index is 13.0. The van der Waals surface area contributed by atoms with E-state index in [1.54, 1.807) is 53.4 Å². The molecule has 1 heterocycles. The Labute approximate surface area is 161 Å². The van der Waals surface area contributed by atoms with Gasteiger partial charge in [-0.25, -0.2) is 4.98 Å².